The summed E-state index contributed by atoms with van der Waals surface area (Å²) >= 11 is 7.24. The molecule has 0 unspecified atom stereocenters. The van der Waals surface area contributed by atoms with Crippen molar-refractivity contribution in [2.45, 2.75) is 31.7 Å². The van der Waals surface area contributed by atoms with E-state index in [-0.39, 0.29) is 17.6 Å². The Labute approximate surface area is 130 Å². The Hall–Kier alpha value is -1.66. The summed E-state index contributed by atoms with van der Waals surface area (Å²) in [5.74, 6) is -0.295. The van der Waals surface area contributed by atoms with E-state index in [1.807, 2.05) is 0 Å². The second-order valence-electron chi connectivity index (χ2n) is 5.04. The molecule has 0 bridgehead atoms. The van der Waals surface area contributed by atoms with Gasteiger partial charge in [0, 0.05) is 6.04 Å². The first-order chi connectivity index (χ1) is 10.1. The molecular weight excluding hydrogens is 310 g/mol. The van der Waals surface area contributed by atoms with Crippen molar-refractivity contribution in [3.05, 3.63) is 38.7 Å². The van der Waals surface area contributed by atoms with Crippen molar-refractivity contribution in [3.63, 3.8) is 0 Å². The van der Waals surface area contributed by atoms with Crippen LogP contribution in [-0.4, -0.2) is 21.9 Å². The Bertz CT molecular complexity index is 719. The van der Waals surface area contributed by atoms with Crippen LogP contribution in [0.2, 0.25) is 4.34 Å². The number of carbonyl (C=O) groups is 1. The minimum Gasteiger partial charge on any atom is -0.348 e. The Balaban J connectivity index is 1.86. The molecule has 7 heteroatoms. The maximum atomic E-state index is 12.2. The van der Waals surface area contributed by atoms with Crippen molar-refractivity contribution in [3.8, 4) is 10.6 Å². The highest BCUT2D eigenvalue weighted by Crippen LogP contribution is 2.29. The summed E-state index contributed by atoms with van der Waals surface area (Å²) in [4.78, 5) is 31.0. The van der Waals surface area contributed by atoms with Crippen molar-refractivity contribution >= 4 is 28.8 Å². The number of aromatic amines is 1. The van der Waals surface area contributed by atoms with Crippen LogP contribution in [0.15, 0.2) is 23.0 Å². The fourth-order valence-corrected chi connectivity index (χ4v) is 3.51. The largest absolute Gasteiger partial charge is 0.348 e. The number of nitrogens with one attached hydrogen (secondary N) is 2. The van der Waals surface area contributed by atoms with Gasteiger partial charge < -0.3 is 10.3 Å². The van der Waals surface area contributed by atoms with E-state index in [1.54, 1.807) is 18.2 Å². The first kappa shape index (κ1) is 14.3. The van der Waals surface area contributed by atoms with Gasteiger partial charge in [0.15, 0.2) is 0 Å². The topological polar surface area (TPSA) is 74.8 Å². The van der Waals surface area contributed by atoms with Crippen LogP contribution in [0.1, 0.15) is 36.2 Å². The van der Waals surface area contributed by atoms with Gasteiger partial charge in [0.2, 0.25) is 0 Å². The van der Waals surface area contributed by atoms with Gasteiger partial charge in [-0.15, -0.1) is 11.3 Å². The lowest BCUT2D eigenvalue weighted by Gasteiger charge is -2.11. The first-order valence-electron chi connectivity index (χ1n) is 6.80. The predicted octanol–water partition coefficient (Wildman–Crippen LogP) is 2.82. The highest BCUT2D eigenvalue weighted by molar-refractivity contribution is 7.19. The quantitative estimate of drug-likeness (QED) is 0.912. The number of nitrogens with zero attached hydrogens (tertiary/aromatic N) is 1. The third-order valence-corrected chi connectivity index (χ3v) is 4.77. The fourth-order valence-electron chi connectivity index (χ4n) is 2.50. The van der Waals surface area contributed by atoms with Gasteiger partial charge >= 0.3 is 5.69 Å². The van der Waals surface area contributed by atoms with Crippen molar-refractivity contribution in [2.75, 3.05) is 0 Å². The van der Waals surface area contributed by atoms with Gasteiger partial charge in [-0.25, -0.2) is 4.79 Å². The second-order valence-corrected chi connectivity index (χ2v) is 6.76. The van der Waals surface area contributed by atoms with Crippen LogP contribution in [0.25, 0.3) is 10.6 Å². The molecule has 0 spiro atoms. The van der Waals surface area contributed by atoms with E-state index >= 15 is 0 Å². The van der Waals surface area contributed by atoms with Crippen molar-refractivity contribution in [1.29, 1.82) is 0 Å². The first-order valence-corrected chi connectivity index (χ1v) is 7.99. The third kappa shape index (κ3) is 3.33. The summed E-state index contributed by atoms with van der Waals surface area (Å²) < 4.78 is 0.625. The van der Waals surface area contributed by atoms with Crippen LogP contribution in [0.4, 0.5) is 0 Å². The van der Waals surface area contributed by atoms with Gasteiger partial charge in [-0.05, 0) is 31.0 Å². The molecule has 1 fully saturated rings. The van der Waals surface area contributed by atoms with Gasteiger partial charge in [-0.2, -0.15) is 4.98 Å². The van der Waals surface area contributed by atoms with Gasteiger partial charge in [0.1, 0.15) is 5.69 Å². The summed E-state index contributed by atoms with van der Waals surface area (Å²) in [5, 5.41) is 2.93. The molecule has 1 aliphatic carbocycles. The Morgan fingerprint density at radius 1 is 1.38 bits per heavy atom. The fraction of sp³-hybridized carbons (Fsp3) is 0.357. The minimum absolute atomic E-state index is 0.144. The van der Waals surface area contributed by atoms with Gasteiger partial charge in [-0.3, -0.25) is 4.79 Å². The van der Waals surface area contributed by atoms with E-state index in [2.05, 4.69) is 15.3 Å². The van der Waals surface area contributed by atoms with Crippen LogP contribution in [-0.2, 0) is 0 Å². The van der Waals surface area contributed by atoms with E-state index < -0.39 is 5.69 Å². The molecule has 1 aliphatic rings. The van der Waals surface area contributed by atoms with Crippen molar-refractivity contribution in [1.82, 2.24) is 15.3 Å². The summed E-state index contributed by atoms with van der Waals surface area (Å²) in [5.41, 5.74) is 0.169. The van der Waals surface area contributed by atoms with Crippen LogP contribution in [0, 0.1) is 0 Å². The molecule has 1 saturated carbocycles. The zero-order valence-electron chi connectivity index (χ0n) is 11.2. The number of carbonyl (C=O) groups excluding carboxylic acids is 1. The number of hydrogen-bond donors (Lipinski definition) is 2. The highest BCUT2D eigenvalue weighted by atomic mass is 35.5. The molecule has 2 heterocycles. The zero-order chi connectivity index (χ0) is 14.8. The third-order valence-electron chi connectivity index (χ3n) is 3.51. The Kier molecular flexibility index (Phi) is 4.07. The number of halogens is 1. The normalized spacial score (nSPS) is 15.3. The Morgan fingerprint density at radius 3 is 2.81 bits per heavy atom. The maximum Gasteiger partial charge on any atom is 0.346 e. The molecule has 0 atom stereocenters. The number of hydrogen-bond acceptors (Lipinski definition) is 4. The van der Waals surface area contributed by atoms with E-state index in [0.717, 1.165) is 30.6 Å². The van der Waals surface area contributed by atoms with E-state index in [1.165, 1.54) is 11.3 Å². The van der Waals surface area contributed by atoms with Crippen molar-refractivity contribution < 1.29 is 4.79 Å². The molecule has 0 saturated heterocycles. The molecule has 2 N–H and O–H groups in total. The van der Waals surface area contributed by atoms with Crippen LogP contribution in [0.3, 0.4) is 0 Å². The molecule has 21 heavy (non-hydrogen) atoms. The smallest absolute Gasteiger partial charge is 0.346 e. The van der Waals surface area contributed by atoms with Gasteiger partial charge in [0.25, 0.3) is 5.91 Å². The summed E-state index contributed by atoms with van der Waals surface area (Å²) in [7, 11) is 0. The van der Waals surface area contributed by atoms with E-state index in [0.29, 0.717) is 10.0 Å². The van der Waals surface area contributed by atoms with E-state index in [9.17, 15) is 9.59 Å². The SMILES string of the molecule is O=C(NC1CCCC1)c1cc(-c2ccc(Cl)s2)[nH]c(=O)n1. The van der Waals surface area contributed by atoms with Gasteiger partial charge in [0.05, 0.1) is 14.9 Å². The van der Waals surface area contributed by atoms with Gasteiger partial charge in [-0.1, -0.05) is 24.4 Å². The average molecular weight is 324 g/mol. The summed E-state index contributed by atoms with van der Waals surface area (Å²) in [6, 6.07) is 5.34. The minimum atomic E-state index is -0.534. The lowest BCUT2D eigenvalue weighted by Crippen LogP contribution is -2.34. The second kappa shape index (κ2) is 5.99. The number of thiophene rings is 1. The molecule has 0 aliphatic heterocycles. The van der Waals surface area contributed by atoms with E-state index in [4.69, 9.17) is 11.6 Å². The molecule has 5 nitrogen and oxygen atoms in total. The monoisotopic (exact) mass is 323 g/mol. The van der Waals surface area contributed by atoms with Crippen molar-refractivity contribution in [2.24, 2.45) is 0 Å². The number of H-pyrrole nitrogens is 1. The molecular formula is C14H14ClN3O2S. The lowest BCUT2D eigenvalue weighted by molar-refractivity contribution is 0.0932. The van der Waals surface area contributed by atoms with Crippen LogP contribution in [0.5, 0.6) is 0 Å². The Morgan fingerprint density at radius 2 is 2.14 bits per heavy atom. The maximum absolute atomic E-state index is 12.2. The molecule has 0 radical (unpaired) electrons. The molecule has 110 valence electrons. The number of rotatable bonds is 3. The van der Waals surface area contributed by atoms with Crippen LogP contribution < -0.4 is 11.0 Å². The summed E-state index contributed by atoms with van der Waals surface area (Å²) in [6.45, 7) is 0. The highest BCUT2D eigenvalue weighted by Gasteiger charge is 2.19. The number of amides is 1. The lowest BCUT2D eigenvalue weighted by atomic mass is 10.2. The standard InChI is InChI=1S/C14H14ClN3O2S/c15-12-6-5-11(21-12)9-7-10(18-14(20)17-9)13(19)16-8-3-1-2-4-8/h5-8H,1-4H2,(H,16,19)(H,17,18,20). The molecule has 3 rings (SSSR count). The molecule has 0 aromatic carbocycles. The number of aromatic nitrogens is 2. The summed E-state index contributed by atoms with van der Waals surface area (Å²) in [6.07, 6.45) is 4.24. The predicted molar refractivity (Wildman–Crippen MR) is 82.9 cm³/mol. The molecule has 1 amide bonds. The van der Waals surface area contributed by atoms with Crippen LogP contribution >= 0.6 is 22.9 Å². The average Bonchev–Trinajstić information content (AvgIpc) is 3.09. The molecule has 2 aromatic rings. The molecule has 2 aromatic heterocycles. The zero-order valence-corrected chi connectivity index (χ0v) is 12.8.